The first-order chi connectivity index (χ1) is 3.93. The summed E-state index contributed by atoms with van der Waals surface area (Å²) < 4.78 is 4.07. The second kappa shape index (κ2) is 2.79. The maximum absolute atomic E-state index is 5.28. The smallest absolute Gasteiger partial charge is 0.0554 e. The Morgan fingerprint density at radius 2 is 2.62 bits per heavy atom. The van der Waals surface area contributed by atoms with Gasteiger partial charge in [-0.2, -0.15) is 4.37 Å². The van der Waals surface area contributed by atoms with Crippen LogP contribution >= 0.6 is 11.5 Å². The number of nitrogens with two attached hydrogens (primary N) is 1. The van der Waals surface area contributed by atoms with Crippen LogP contribution in [0, 0.1) is 0 Å². The summed E-state index contributed by atoms with van der Waals surface area (Å²) in [6.07, 6.45) is 0.906. The standard InChI is InChI=1S/C5H8N2S/c6-3-1-5-2-4-8-7-5/h2,4H,1,3,6H2. The van der Waals surface area contributed by atoms with Crippen LogP contribution in [0.1, 0.15) is 5.69 Å². The predicted molar refractivity (Wildman–Crippen MR) is 34.9 cm³/mol. The molecule has 8 heavy (non-hydrogen) atoms. The molecule has 1 aromatic heterocycles. The fourth-order valence-corrected chi connectivity index (χ4v) is 1.08. The summed E-state index contributed by atoms with van der Waals surface area (Å²) in [6, 6.07) is 2.00. The molecule has 0 saturated carbocycles. The predicted octanol–water partition coefficient (Wildman–Crippen LogP) is 0.644. The van der Waals surface area contributed by atoms with E-state index in [1.807, 2.05) is 11.4 Å². The number of hydrogen-bond donors (Lipinski definition) is 1. The van der Waals surface area contributed by atoms with Gasteiger partial charge in [0, 0.05) is 11.8 Å². The highest BCUT2D eigenvalue weighted by Crippen LogP contribution is 1.98. The lowest BCUT2D eigenvalue weighted by molar-refractivity contribution is 0.944. The molecule has 0 fully saturated rings. The van der Waals surface area contributed by atoms with Gasteiger partial charge in [0.05, 0.1) is 5.69 Å². The Balaban J connectivity index is 2.50. The molecule has 2 N–H and O–H groups in total. The van der Waals surface area contributed by atoms with Crippen LogP contribution in [0.15, 0.2) is 11.4 Å². The summed E-state index contributed by atoms with van der Waals surface area (Å²) in [7, 11) is 0. The van der Waals surface area contributed by atoms with Gasteiger partial charge in [0.1, 0.15) is 0 Å². The first-order valence-corrected chi connectivity index (χ1v) is 3.36. The quantitative estimate of drug-likeness (QED) is 0.635. The van der Waals surface area contributed by atoms with Gasteiger partial charge in [-0.25, -0.2) is 0 Å². The summed E-state index contributed by atoms with van der Waals surface area (Å²) in [5.41, 5.74) is 6.39. The third-order valence-corrected chi connectivity index (χ3v) is 1.49. The molecule has 0 unspecified atom stereocenters. The van der Waals surface area contributed by atoms with Crippen LogP contribution in [0.4, 0.5) is 0 Å². The van der Waals surface area contributed by atoms with Crippen LogP contribution in [0.5, 0.6) is 0 Å². The lowest BCUT2D eigenvalue weighted by atomic mass is 10.3. The van der Waals surface area contributed by atoms with E-state index in [2.05, 4.69) is 4.37 Å². The fraction of sp³-hybridized carbons (Fsp3) is 0.400. The third kappa shape index (κ3) is 1.28. The minimum atomic E-state index is 0.698. The Bertz CT molecular complexity index is 136. The summed E-state index contributed by atoms with van der Waals surface area (Å²) in [4.78, 5) is 0. The maximum atomic E-state index is 5.28. The molecule has 2 nitrogen and oxygen atoms in total. The summed E-state index contributed by atoms with van der Waals surface area (Å²) in [5.74, 6) is 0. The zero-order chi connectivity index (χ0) is 5.82. The zero-order valence-electron chi connectivity index (χ0n) is 4.50. The molecule has 1 aromatic rings. The van der Waals surface area contributed by atoms with Crippen molar-refractivity contribution in [3.05, 3.63) is 17.1 Å². The molecule has 0 spiro atoms. The first-order valence-electron chi connectivity index (χ1n) is 2.53. The average Bonchev–Trinajstić information content (AvgIpc) is 2.19. The first kappa shape index (κ1) is 5.72. The highest BCUT2D eigenvalue weighted by Gasteiger charge is 1.88. The largest absolute Gasteiger partial charge is 0.330 e. The zero-order valence-corrected chi connectivity index (χ0v) is 5.32. The lowest BCUT2D eigenvalue weighted by Crippen LogP contribution is -2.02. The van der Waals surface area contributed by atoms with Gasteiger partial charge in [-0.1, -0.05) is 0 Å². The van der Waals surface area contributed by atoms with E-state index >= 15 is 0 Å². The van der Waals surface area contributed by atoms with E-state index in [1.54, 1.807) is 0 Å². The van der Waals surface area contributed by atoms with Crippen molar-refractivity contribution >= 4 is 11.5 Å². The van der Waals surface area contributed by atoms with Crippen molar-refractivity contribution < 1.29 is 0 Å². The molecule has 0 aliphatic heterocycles. The molecule has 0 saturated heterocycles. The van der Waals surface area contributed by atoms with Crippen molar-refractivity contribution in [2.75, 3.05) is 6.54 Å². The minimum absolute atomic E-state index is 0.698. The molecule has 44 valence electrons. The summed E-state index contributed by atoms with van der Waals surface area (Å²) in [6.45, 7) is 0.698. The second-order valence-corrected chi connectivity index (χ2v) is 2.20. The Labute approximate surface area is 52.5 Å². The number of rotatable bonds is 2. The van der Waals surface area contributed by atoms with E-state index in [0.29, 0.717) is 6.54 Å². The van der Waals surface area contributed by atoms with E-state index in [1.165, 1.54) is 11.5 Å². The number of hydrogen-bond acceptors (Lipinski definition) is 3. The van der Waals surface area contributed by atoms with Gasteiger partial charge in [0.2, 0.25) is 0 Å². The van der Waals surface area contributed by atoms with Gasteiger partial charge in [-0.15, -0.1) is 0 Å². The van der Waals surface area contributed by atoms with Crippen molar-refractivity contribution in [3.8, 4) is 0 Å². The van der Waals surface area contributed by atoms with Crippen LogP contribution in [-0.4, -0.2) is 10.9 Å². The van der Waals surface area contributed by atoms with Gasteiger partial charge in [0.25, 0.3) is 0 Å². The molecule has 0 amide bonds. The van der Waals surface area contributed by atoms with Crippen LogP contribution < -0.4 is 5.73 Å². The van der Waals surface area contributed by atoms with E-state index in [-0.39, 0.29) is 0 Å². The van der Waals surface area contributed by atoms with Crippen molar-refractivity contribution in [3.63, 3.8) is 0 Å². The van der Waals surface area contributed by atoms with Crippen molar-refractivity contribution in [2.45, 2.75) is 6.42 Å². The molecular weight excluding hydrogens is 120 g/mol. The van der Waals surface area contributed by atoms with E-state index in [0.717, 1.165) is 12.1 Å². The van der Waals surface area contributed by atoms with Crippen LogP contribution in [0.25, 0.3) is 0 Å². The van der Waals surface area contributed by atoms with Crippen molar-refractivity contribution in [2.24, 2.45) is 5.73 Å². The van der Waals surface area contributed by atoms with E-state index in [4.69, 9.17) is 5.73 Å². The molecule has 0 aliphatic carbocycles. The molecule has 0 radical (unpaired) electrons. The molecule has 3 heteroatoms. The molecule has 0 atom stereocenters. The van der Waals surface area contributed by atoms with E-state index in [9.17, 15) is 0 Å². The molecule has 0 bridgehead atoms. The normalized spacial score (nSPS) is 9.62. The Kier molecular flexibility index (Phi) is 2.00. The SMILES string of the molecule is NCCc1ccsn1. The molecule has 1 heterocycles. The molecule has 0 aromatic carbocycles. The molecule has 0 aliphatic rings. The number of nitrogens with zero attached hydrogens (tertiary/aromatic N) is 1. The Hall–Kier alpha value is -0.410. The maximum Gasteiger partial charge on any atom is 0.0554 e. The van der Waals surface area contributed by atoms with Gasteiger partial charge in [-0.05, 0) is 24.1 Å². The summed E-state index contributed by atoms with van der Waals surface area (Å²) in [5, 5.41) is 1.96. The highest BCUT2D eigenvalue weighted by molar-refractivity contribution is 7.03. The second-order valence-electron chi connectivity index (χ2n) is 1.53. The van der Waals surface area contributed by atoms with Gasteiger partial charge in [0.15, 0.2) is 0 Å². The fourth-order valence-electron chi connectivity index (χ4n) is 0.514. The lowest BCUT2D eigenvalue weighted by Gasteiger charge is -1.84. The van der Waals surface area contributed by atoms with Crippen molar-refractivity contribution in [1.29, 1.82) is 0 Å². The Morgan fingerprint density at radius 3 is 3.12 bits per heavy atom. The van der Waals surface area contributed by atoms with Gasteiger partial charge < -0.3 is 5.73 Å². The molecule has 1 rings (SSSR count). The topological polar surface area (TPSA) is 38.9 Å². The Morgan fingerprint density at radius 1 is 1.75 bits per heavy atom. The number of aromatic nitrogens is 1. The van der Waals surface area contributed by atoms with Crippen molar-refractivity contribution in [1.82, 2.24) is 4.37 Å². The highest BCUT2D eigenvalue weighted by atomic mass is 32.1. The van der Waals surface area contributed by atoms with Crippen LogP contribution in [-0.2, 0) is 6.42 Å². The average molecular weight is 128 g/mol. The van der Waals surface area contributed by atoms with Gasteiger partial charge in [-0.3, -0.25) is 0 Å². The van der Waals surface area contributed by atoms with Crippen LogP contribution in [0.2, 0.25) is 0 Å². The summed E-state index contributed by atoms with van der Waals surface area (Å²) >= 11 is 1.47. The van der Waals surface area contributed by atoms with Gasteiger partial charge >= 0.3 is 0 Å². The van der Waals surface area contributed by atoms with Crippen LogP contribution in [0.3, 0.4) is 0 Å². The van der Waals surface area contributed by atoms with E-state index < -0.39 is 0 Å². The molecular formula is C5H8N2S. The third-order valence-electron chi connectivity index (χ3n) is 0.892. The minimum Gasteiger partial charge on any atom is -0.330 e. The monoisotopic (exact) mass is 128 g/mol.